The highest BCUT2D eigenvalue weighted by Gasteiger charge is 2.05. The lowest BCUT2D eigenvalue weighted by atomic mass is 10.2. The zero-order valence-corrected chi connectivity index (χ0v) is 8.57. The quantitative estimate of drug-likeness (QED) is 0.682. The molecular weight excluding hydrogens is 212 g/mol. The van der Waals surface area contributed by atoms with Crippen LogP contribution in [0.3, 0.4) is 0 Å². The van der Waals surface area contributed by atoms with Crippen molar-refractivity contribution in [2.75, 3.05) is 5.75 Å². The van der Waals surface area contributed by atoms with Gasteiger partial charge < -0.3 is 5.73 Å². The average molecular weight is 225 g/mol. The lowest BCUT2D eigenvalue weighted by Crippen LogP contribution is -2.08. The summed E-state index contributed by atoms with van der Waals surface area (Å²) in [4.78, 5) is 4.23. The minimum Gasteiger partial charge on any atom is -0.379 e. The molecule has 0 saturated carbocycles. The smallest absolute Gasteiger partial charge is 0.154 e. The van der Waals surface area contributed by atoms with E-state index in [2.05, 4.69) is 11.9 Å². The van der Waals surface area contributed by atoms with Crippen LogP contribution in [0.25, 0.3) is 0 Å². The third-order valence-electron chi connectivity index (χ3n) is 1.36. The average Bonchev–Trinajstić information content (AvgIpc) is 1.93. The first kappa shape index (κ1) is 10.3. The molecule has 1 atom stereocenters. The van der Waals surface area contributed by atoms with Gasteiger partial charge in [-0.2, -0.15) is 0 Å². The van der Waals surface area contributed by atoms with E-state index in [-0.39, 0.29) is 17.0 Å². The van der Waals surface area contributed by atoms with Crippen molar-refractivity contribution in [1.82, 2.24) is 0 Å². The molecule has 1 aliphatic rings. The maximum absolute atomic E-state index is 5.54. The second-order valence-electron chi connectivity index (χ2n) is 2.31. The van der Waals surface area contributed by atoms with Crippen molar-refractivity contribution in [2.45, 2.75) is 25.8 Å². The first-order valence-electron chi connectivity index (χ1n) is 3.25. The van der Waals surface area contributed by atoms with Crippen molar-refractivity contribution in [1.29, 1.82) is 0 Å². The van der Waals surface area contributed by atoms with Gasteiger partial charge in [-0.3, -0.25) is 4.99 Å². The lowest BCUT2D eigenvalue weighted by Gasteiger charge is -1.98. The number of halogens is 1. The molecule has 2 nitrogen and oxygen atoms in total. The molecule has 0 saturated heterocycles. The van der Waals surface area contributed by atoms with Gasteiger partial charge in [0.1, 0.15) is 0 Å². The van der Waals surface area contributed by atoms with Crippen molar-refractivity contribution in [3.8, 4) is 0 Å². The molecule has 1 aliphatic heterocycles. The Kier molecular flexibility index (Phi) is 5.17. The van der Waals surface area contributed by atoms with Gasteiger partial charge in [-0.15, -0.1) is 17.0 Å². The number of rotatable bonds is 0. The molecule has 1 heterocycles. The Morgan fingerprint density at radius 2 is 2.40 bits per heavy atom. The molecule has 4 heteroatoms. The molecule has 0 aromatic rings. The van der Waals surface area contributed by atoms with Crippen LogP contribution in [-0.2, 0) is 0 Å². The van der Waals surface area contributed by atoms with E-state index in [1.807, 2.05) is 0 Å². The van der Waals surface area contributed by atoms with E-state index in [0.717, 1.165) is 10.9 Å². The topological polar surface area (TPSA) is 38.4 Å². The molecule has 0 aromatic heterocycles. The predicted molar refractivity (Wildman–Crippen MR) is 53.1 cm³/mol. The van der Waals surface area contributed by atoms with E-state index in [4.69, 9.17) is 5.73 Å². The number of thioether (sulfide) groups is 1. The molecule has 0 aliphatic carbocycles. The summed E-state index contributed by atoms with van der Waals surface area (Å²) < 4.78 is 0. The van der Waals surface area contributed by atoms with Gasteiger partial charge in [0.25, 0.3) is 0 Å². The summed E-state index contributed by atoms with van der Waals surface area (Å²) in [6.07, 6.45) is 2.43. The molecule has 2 N–H and O–H groups in total. The van der Waals surface area contributed by atoms with Crippen LogP contribution < -0.4 is 5.73 Å². The van der Waals surface area contributed by atoms with Crippen LogP contribution in [0.5, 0.6) is 0 Å². The van der Waals surface area contributed by atoms with Gasteiger partial charge in [0.15, 0.2) is 5.17 Å². The summed E-state index contributed by atoms with van der Waals surface area (Å²) in [5.41, 5.74) is 5.54. The van der Waals surface area contributed by atoms with Crippen LogP contribution >= 0.6 is 28.7 Å². The first-order valence-corrected chi connectivity index (χ1v) is 4.23. The molecule has 10 heavy (non-hydrogen) atoms. The van der Waals surface area contributed by atoms with Crippen LogP contribution in [-0.4, -0.2) is 17.0 Å². The highest BCUT2D eigenvalue weighted by molar-refractivity contribution is 8.93. The number of nitrogens with zero attached hydrogens (tertiary/aromatic N) is 1. The number of hydrogen-bond donors (Lipinski definition) is 1. The minimum absolute atomic E-state index is 0. The van der Waals surface area contributed by atoms with E-state index >= 15 is 0 Å². The van der Waals surface area contributed by atoms with Crippen molar-refractivity contribution in [3.63, 3.8) is 0 Å². The van der Waals surface area contributed by atoms with Crippen molar-refractivity contribution in [3.05, 3.63) is 0 Å². The van der Waals surface area contributed by atoms with E-state index in [1.165, 1.54) is 12.8 Å². The van der Waals surface area contributed by atoms with Gasteiger partial charge >= 0.3 is 0 Å². The Bertz CT molecular complexity index is 127. The molecule has 60 valence electrons. The van der Waals surface area contributed by atoms with Gasteiger partial charge in [0.2, 0.25) is 0 Å². The molecule has 0 bridgehead atoms. The summed E-state index contributed by atoms with van der Waals surface area (Å²) in [5.74, 6) is 1.14. The SMILES string of the molecule is Br.CC1CCCSC(N)=N1. The third-order valence-corrected chi connectivity index (χ3v) is 2.26. The second kappa shape index (κ2) is 5.02. The van der Waals surface area contributed by atoms with Gasteiger partial charge in [0, 0.05) is 5.75 Å². The normalized spacial score (nSPS) is 26.1. The second-order valence-corrected chi connectivity index (χ2v) is 3.42. The predicted octanol–water partition coefficient (Wildman–Crippen LogP) is 1.79. The minimum atomic E-state index is 0. The Morgan fingerprint density at radius 3 is 3.10 bits per heavy atom. The summed E-state index contributed by atoms with van der Waals surface area (Å²) >= 11 is 1.67. The van der Waals surface area contributed by atoms with E-state index in [0.29, 0.717) is 6.04 Å². The maximum atomic E-state index is 5.54. The fourth-order valence-corrected chi connectivity index (χ4v) is 1.65. The fraction of sp³-hybridized carbons (Fsp3) is 0.833. The molecule has 0 amide bonds. The zero-order valence-electron chi connectivity index (χ0n) is 6.04. The number of aliphatic imine (C=N–C) groups is 1. The zero-order chi connectivity index (χ0) is 6.69. The van der Waals surface area contributed by atoms with Gasteiger partial charge in [-0.1, -0.05) is 11.8 Å². The van der Waals surface area contributed by atoms with Crippen molar-refractivity contribution < 1.29 is 0 Å². The summed E-state index contributed by atoms with van der Waals surface area (Å²) in [7, 11) is 0. The largest absolute Gasteiger partial charge is 0.379 e. The Morgan fingerprint density at radius 1 is 1.70 bits per heavy atom. The Balaban J connectivity index is 0.000000810. The van der Waals surface area contributed by atoms with Gasteiger partial charge in [0.05, 0.1) is 6.04 Å². The number of nitrogens with two attached hydrogens (primary N) is 1. The van der Waals surface area contributed by atoms with Crippen molar-refractivity contribution >= 4 is 33.9 Å². The van der Waals surface area contributed by atoms with Gasteiger partial charge in [-0.05, 0) is 19.8 Å². The van der Waals surface area contributed by atoms with Crippen molar-refractivity contribution in [2.24, 2.45) is 10.7 Å². The van der Waals surface area contributed by atoms with Crippen LogP contribution in [0.15, 0.2) is 4.99 Å². The third kappa shape index (κ3) is 3.46. The molecule has 0 fully saturated rings. The Labute approximate surface area is 76.4 Å². The lowest BCUT2D eigenvalue weighted by molar-refractivity contribution is 0.664. The first-order chi connectivity index (χ1) is 4.29. The molecule has 0 radical (unpaired) electrons. The monoisotopic (exact) mass is 224 g/mol. The standard InChI is InChI=1S/C6H12N2S.BrH/c1-5-3-2-4-9-6(7)8-5;/h5H,2-4H2,1H3,(H2,7,8);1H. The highest BCUT2D eigenvalue weighted by Crippen LogP contribution is 2.13. The maximum Gasteiger partial charge on any atom is 0.154 e. The highest BCUT2D eigenvalue weighted by atomic mass is 79.9. The van der Waals surface area contributed by atoms with E-state index in [1.54, 1.807) is 11.8 Å². The van der Waals surface area contributed by atoms with Gasteiger partial charge in [-0.25, -0.2) is 0 Å². The molecule has 0 aromatic carbocycles. The molecule has 0 spiro atoms. The van der Waals surface area contributed by atoms with Crippen LogP contribution in [0.4, 0.5) is 0 Å². The summed E-state index contributed by atoms with van der Waals surface area (Å²) in [6.45, 7) is 2.11. The molecular formula is C6H13BrN2S. The van der Waals surface area contributed by atoms with Crippen LogP contribution in [0, 0.1) is 0 Å². The number of amidine groups is 1. The molecule has 1 rings (SSSR count). The number of hydrogen-bond acceptors (Lipinski definition) is 3. The summed E-state index contributed by atoms with van der Waals surface area (Å²) in [5, 5.41) is 0.764. The van der Waals surface area contributed by atoms with E-state index in [9.17, 15) is 0 Å². The van der Waals surface area contributed by atoms with E-state index < -0.39 is 0 Å². The Hall–Kier alpha value is 0.300. The van der Waals surface area contributed by atoms with Crippen LogP contribution in [0.1, 0.15) is 19.8 Å². The fourth-order valence-electron chi connectivity index (χ4n) is 0.875. The van der Waals surface area contributed by atoms with Crippen LogP contribution in [0.2, 0.25) is 0 Å². The molecule has 1 unspecified atom stereocenters. The summed E-state index contributed by atoms with van der Waals surface area (Å²) in [6, 6.07) is 0.444.